The molecular formula is C10H20N2O. The lowest BCUT2D eigenvalue weighted by molar-refractivity contribution is 0.110. The summed E-state index contributed by atoms with van der Waals surface area (Å²) in [7, 11) is 0. The van der Waals surface area contributed by atoms with Gasteiger partial charge >= 0.3 is 0 Å². The van der Waals surface area contributed by atoms with Crippen LogP contribution in [0, 0.1) is 0 Å². The van der Waals surface area contributed by atoms with Gasteiger partial charge in [0.25, 0.3) is 0 Å². The van der Waals surface area contributed by atoms with E-state index in [0.717, 1.165) is 19.7 Å². The predicted molar refractivity (Wildman–Crippen MR) is 52.9 cm³/mol. The Morgan fingerprint density at radius 1 is 1.38 bits per heavy atom. The first-order valence-electron chi connectivity index (χ1n) is 5.50. The molecule has 0 aromatic rings. The summed E-state index contributed by atoms with van der Waals surface area (Å²) in [5.74, 6) is 0. The van der Waals surface area contributed by atoms with Gasteiger partial charge < -0.3 is 15.0 Å². The van der Waals surface area contributed by atoms with E-state index in [4.69, 9.17) is 4.74 Å². The SMILES string of the molecule is C1COC(CNCCCN2CC2)C1. The van der Waals surface area contributed by atoms with Crippen LogP contribution >= 0.6 is 0 Å². The average Bonchev–Trinajstić information content (AvgIpc) is 2.81. The van der Waals surface area contributed by atoms with Crippen LogP contribution in [-0.4, -0.2) is 50.3 Å². The van der Waals surface area contributed by atoms with Crippen molar-refractivity contribution in [2.45, 2.75) is 25.4 Å². The van der Waals surface area contributed by atoms with Crippen molar-refractivity contribution in [3.05, 3.63) is 0 Å². The molecule has 2 fully saturated rings. The standard InChI is InChI=1S/C10H20N2O/c1-3-10(13-8-1)9-11-4-2-5-12-6-7-12/h10-11H,1-9H2. The molecule has 2 aliphatic rings. The van der Waals surface area contributed by atoms with Gasteiger partial charge in [0.05, 0.1) is 6.10 Å². The van der Waals surface area contributed by atoms with E-state index in [-0.39, 0.29) is 0 Å². The molecule has 0 radical (unpaired) electrons. The van der Waals surface area contributed by atoms with Crippen LogP contribution in [-0.2, 0) is 4.74 Å². The van der Waals surface area contributed by atoms with Gasteiger partial charge in [-0.05, 0) is 32.4 Å². The summed E-state index contributed by atoms with van der Waals surface area (Å²) in [6.45, 7) is 7.10. The van der Waals surface area contributed by atoms with Crippen LogP contribution in [0.4, 0.5) is 0 Å². The molecule has 0 aromatic heterocycles. The monoisotopic (exact) mass is 184 g/mol. The highest BCUT2D eigenvalue weighted by molar-refractivity contribution is 4.72. The lowest BCUT2D eigenvalue weighted by Crippen LogP contribution is -2.27. The first-order chi connectivity index (χ1) is 6.45. The molecule has 3 nitrogen and oxygen atoms in total. The zero-order valence-electron chi connectivity index (χ0n) is 8.30. The van der Waals surface area contributed by atoms with Gasteiger partial charge in [-0.3, -0.25) is 0 Å². The minimum absolute atomic E-state index is 0.501. The number of nitrogens with one attached hydrogen (secondary N) is 1. The van der Waals surface area contributed by atoms with E-state index in [2.05, 4.69) is 10.2 Å². The number of nitrogens with zero attached hydrogens (tertiary/aromatic N) is 1. The molecule has 1 N–H and O–H groups in total. The van der Waals surface area contributed by atoms with Crippen molar-refractivity contribution >= 4 is 0 Å². The van der Waals surface area contributed by atoms with E-state index >= 15 is 0 Å². The van der Waals surface area contributed by atoms with Gasteiger partial charge in [0.2, 0.25) is 0 Å². The van der Waals surface area contributed by atoms with Gasteiger partial charge in [0, 0.05) is 26.2 Å². The van der Waals surface area contributed by atoms with E-state index in [1.165, 1.54) is 38.9 Å². The van der Waals surface area contributed by atoms with Gasteiger partial charge in [-0.2, -0.15) is 0 Å². The molecule has 2 aliphatic heterocycles. The first-order valence-corrected chi connectivity index (χ1v) is 5.50. The van der Waals surface area contributed by atoms with E-state index < -0.39 is 0 Å². The number of hydrogen-bond acceptors (Lipinski definition) is 3. The third kappa shape index (κ3) is 3.63. The fourth-order valence-corrected chi connectivity index (χ4v) is 1.79. The summed E-state index contributed by atoms with van der Waals surface area (Å²) in [6, 6.07) is 0. The summed E-state index contributed by atoms with van der Waals surface area (Å²) >= 11 is 0. The Balaban J connectivity index is 1.39. The Hall–Kier alpha value is -0.120. The Morgan fingerprint density at radius 3 is 3.00 bits per heavy atom. The molecule has 0 aliphatic carbocycles. The molecule has 1 unspecified atom stereocenters. The van der Waals surface area contributed by atoms with Crippen molar-refractivity contribution in [2.24, 2.45) is 0 Å². The van der Waals surface area contributed by atoms with Crippen molar-refractivity contribution in [2.75, 3.05) is 39.3 Å². The fraction of sp³-hybridized carbons (Fsp3) is 1.00. The topological polar surface area (TPSA) is 24.3 Å². The van der Waals surface area contributed by atoms with Crippen LogP contribution in [0.2, 0.25) is 0 Å². The molecule has 13 heavy (non-hydrogen) atoms. The highest BCUT2D eigenvalue weighted by atomic mass is 16.5. The van der Waals surface area contributed by atoms with Crippen LogP contribution < -0.4 is 5.32 Å². The Bertz CT molecular complexity index is 142. The van der Waals surface area contributed by atoms with Crippen LogP contribution in [0.15, 0.2) is 0 Å². The lowest BCUT2D eigenvalue weighted by Gasteiger charge is -2.10. The van der Waals surface area contributed by atoms with Crippen LogP contribution in [0.3, 0.4) is 0 Å². The highest BCUT2D eigenvalue weighted by Crippen LogP contribution is 2.10. The summed E-state index contributed by atoms with van der Waals surface area (Å²) < 4.78 is 5.52. The zero-order valence-corrected chi connectivity index (χ0v) is 8.30. The number of ether oxygens (including phenoxy) is 1. The van der Waals surface area contributed by atoms with E-state index in [1.807, 2.05) is 0 Å². The van der Waals surface area contributed by atoms with Crippen LogP contribution in [0.25, 0.3) is 0 Å². The van der Waals surface area contributed by atoms with Crippen molar-refractivity contribution in [1.82, 2.24) is 10.2 Å². The fourth-order valence-electron chi connectivity index (χ4n) is 1.79. The largest absolute Gasteiger partial charge is 0.377 e. The molecule has 0 amide bonds. The normalized spacial score (nSPS) is 28.2. The molecule has 2 rings (SSSR count). The molecule has 3 heteroatoms. The smallest absolute Gasteiger partial charge is 0.0700 e. The van der Waals surface area contributed by atoms with Crippen LogP contribution in [0.1, 0.15) is 19.3 Å². The quantitative estimate of drug-likeness (QED) is 0.479. The minimum Gasteiger partial charge on any atom is -0.377 e. The van der Waals surface area contributed by atoms with Gasteiger partial charge in [0.15, 0.2) is 0 Å². The Labute approximate surface area is 80.4 Å². The summed E-state index contributed by atoms with van der Waals surface area (Å²) in [5.41, 5.74) is 0. The summed E-state index contributed by atoms with van der Waals surface area (Å²) in [6.07, 6.45) is 4.28. The van der Waals surface area contributed by atoms with Crippen molar-refractivity contribution in [1.29, 1.82) is 0 Å². The van der Waals surface area contributed by atoms with Crippen molar-refractivity contribution in [3.8, 4) is 0 Å². The van der Waals surface area contributed by atoms with Gasteiger partial charge in [-0.1, -0.05) is 0 Å². The third-order valence-electron chi connectivity index (χ3n) is 2.76. The van der Waals surface area contributed by atoms with E-state index in [0.29, 0.717) is 6.10 Å². The zero-order chi connectivity index (χ0) is 8.93. The van der Waals surface area contributed by atoms with Gasteiger partial charge in [-0.15, -0.1) is 0 Å². The highest BCUT2D eigenvalue weighted by Gasteiger charge is 2.16. The molecule has 76 valence electrons. The molecule has 0 saturated carbocycles. The van der Waals surface area contributed by atoms with Gasteiger partial charge in [-0.25, -0.2) is 0 Å². The molecule has 0 bridgehead atoms. The minimum atomic E-state index is 0.501. The van der Waals surface area contributed by atoms with Crippen molar-refractivity contribution < 1.29 is 4.74 Å². The number of hydrogen-bond donors (Lipinski definition) is 1. The lowest BCUT2D eigenvalue weighted by atomic mass is 10.2. The number of rotatable bonds is 6. The summed E-state index contributed by atoms with van der Waals surface area (Å²) in [4.78, 5) is 2.47. The molecule has 1 atom stereocenters. The second-order valence-electron chi connectivity index (χ2n) is 4.03. The first kappa shape index (κ1) is 9.44. The maximum atomic E-state index is 5.52. The van der Waals surface area contributed by atoms with E-state index in [9.17, 15) is 0 Å². The predicted octanol–water partition coefficient (Wildman–Crippen LogP) is 0.461. The Kier molecular flexibility index (Phi) is 3.58. The third-order valence-corrected chi connectivity index (χ3v) is 2.76. The van der Waals surface area contributed by atoms with Crippen LogP contribution in [0.5, 0.6) is 0 Å². The Morgan fingerprint density at radius 2 is 2.31 bits per heavy atom. The molecule has 0 aromatic carbocycles. The maximum absolute atomic E-state index is 5.52. The second kappa shape index (κ2) is 4.94. The van der Waals surface area contributed by atoms with Gasteiger partial charge in [0.1, 0.15) is 0 Å². The maximum Gasteiger partial charge on any atom is 0.0700 e. The molecular weight excluding hydrogens is 164 g/mol. The molecule has 2 saturated heterocycles. The summed E-state index contributed by atoms with van der Waals surface area (Å²) in [5, 5.41) is 3.46. The van der Waals surface area contributed by atoms with E-state index in [1.54, 1.807) is 0 Å². The molecule has 2 heterocycles. The van der Waals surface area contributed by atoms with Crippen molar-refractivity contribution in [3.63, 3.8) is 0 Å². The molecule has 0 spiro atoms. The average molecular weight is 184 g/mol. The second-order valence-corrected chi connectivity index (χ2v) is 4.03.